The van der Waals surface area contributed by atoms with Gasteiger partial charge in [-0.3, -0.25) is 9.59 Å². The maximum absolute atomic E-state index is 12.6. The normalized spacial score (nSPS) is 15.3. The number of hydrogen-bond acceptors (Lipinski definition) is 7. The second-order valence-electron chi connectivity index (χ2n) is 19.3. The molecule has 0 spiro atoms. The van der Waals surface area contributed by atoms with Crippen LogP contribution in [0.2, 0.25) is 0 Å². The molecule has 0 amide bonds. The first-order valence-electron chi connectivity index (χ1n) is 26.5. The number of nitrogens with zero attached hydrogens (tertiary/aromatic N) is 1. The van der Waals surface area contributed by atoms with Crippen LogP contribution in [0.5, 0.6) is 0 Å². The first kappa shape index (κ1) is 56.8. The van der Waals surface area contributed by atoms with Gasteiger partial charge < -0.3 is 23.8 Å². The van der Waals surface area contributed by atoms with E-state index in [1.165, 1.54) is 154 Å². The Balaban J connectivity index is 2.31. The van der Waals surface area contributed by atoms with Crippen LogP contribution in [0.1, 0.15) is 266 Å². The van der Waals surface area contributed by atoms with Crippen molar-refractivity contribution in [2.45, 2.75) is 284 Å². The van der Waals surface area contributed by atoms with Gasteiger partial charge in [0.2, 0.25) is 0 Å². The fraction of sp³-hybridized carbons (Fsp3) is 0.962. The number of rotatable bonds is 44. The minimum absolute atomic E-state index is 0.0214. The van der Waals surface area contributed by atoms with E-state index in [2.05, 4.69) is 53.5 Å². The van der Waals surface area contributed by atoms with Crippen molar-refractivity contribution in [1.82, 2.24) is 4.90 Å². The Kier molecular flexibility index (Phi) is 37.3. The molecular formula is C53H103NO6. The summed E-state index contributed by atoms with van der Waals surface area (Å²) in [6, 6.07) is 0.540. The molecule has 0 aromatic heterocycles. The largest absolute Gasteiger partial charge is 0.466 e. The Labute approximate surface area is 373 Å². The third kappa shape index (κ3) is 31.6. The van der Waals surface area contributed by atoms with Crippen LogP contribution in [-0.4, -0.2) is 68.2 Å². The van der Waals surface area contributed by atoms with E-state index in [9.17, 15) is 9.59 Å². The van der Waals surface area contributed by atoms with Gasteiger partial charge in [0.15, 0.2) is 5.79 Å². The van der Waals surface area contributed by atoms with Crippen LogP contribution in [0.3, 0.4) is 0 Å². The molecule has 0 aromatic carbocycles. The summed E-state index contributed by atoms with van der Waals surface area (Å²) in [7, 11) is 2.20. The molecule has 1 fully saturated rings. The number of carbonyl (C=O) groups is 2. The Hall–Kier alpha value is -1.18. The van der Waals surface area contributed by atoms with Gasteiger partial charge in [-0.15, -0.1) is 0 Å². The molecule has 1 aliphatic rings. The molecule has 1 atom stereocenters. The SMILES string of the molecule is CCCCCC(CCCCC)CC(=O)OCCCCCCCCCC1(CCCCCCCCCOC(=O)CC(CCCCC)CCCCC)OCC(CCN(C)C(C)C)O1. The Morgan fingerprint density at radius 2 is 0.917 bits per heavy atom. The lowest BCUT2D eigenvalue weighted by atomic mass is 9.92. The summed E-state index contributed by atoms with van der Waals surface area (Å²) in [5.74, 6) is 0.634. The van der Waals surface area contributed by atoms with Crippen molar-refractivity contribution < 1.29 is 28.5 Å². The average molecular weight is 850 g/mol. The van der Waals surface area contributed by atoms with Crippen molar-refractivity contribution in [3.05, 3.63) is 0 Å². The molecule has 7 nitrogen and oxygen atoms in total. The Morgan fingerprint density at radius 3 is 1.28 bits per heavy atom. The van der Waals surface area contributed by atoms with Gasteiger partial charge in [-0.05, 0) is 90.5 Å². The van der Waals surface area contributed by atoms with Crippen LogP contribution in [0, 0.1) is 11.8 Å². The monoisotopic (exact) mass is 850 g/mol. The molecule has 356 valence electrons. The van der Waals surface area contributed by atoms with E-state index in [0.717, 1.165) is 70.9 Å². The fourth-order valence-electron chi connectivity index (χ4n) is 8.90. The molecule has 1 heterocycles. The maximum Gasteiger partial charge on any atom is 0.306 e. The van der Waals surface area contributed by atoms with Crippen molar-refractivity contribution in [3.63, 3.8) is 0 Å². The second-order valence-corrected chi connectivity index (χ2v) is 19.3. The highest BCUT2D eigenvalue weighted by atomic mass is 16.7. The van der Waals surface area contributed by atoms with Gasteiger partial charge >= 0.3 is 11.9 Å². The number of hydrogen-bond donors (Lipinski definition) is 0. The molecule has 0 aliphatic carbocycles. The average Bonchev–Trinajstić information content (AvgIpc) is 3.64. The quantitative estimate of drug-likeness (QED) is 0.0446. The zero-order valence-corrected chi connectivity index (χ0v) is 41.3. The van der Waals surface area contributed by atoms with Crippen LogP contribution in [-0.2, 0) is 28.5 Å². The van der Waals surface area contributed by atoms with E-state index >= 15 is 0 Å². The second kappa shape index (κ2) is 39.4. The maximum atomic E-state index is 12.6. The van der Waals surface area contributed by atoms with Crippen molar-refractivity contribution in [2.75, 3.05) is 33.4 Å². The predicted octanol–water partition coefficient (Wildman–Crippen LogP) is 15.5. The first-order valence-corrected chi connectivity index (χ1v) is 26.5. The van der Waals surface area contributed by atoms with Gasteiger partial charge in [0, 0.05) is 38.3 Å². The molecule has 0 aromatic rings. The van der Waals surface area contributed by atoms with Gasteiger partial charge in [-0.25, -0.2) is 0 Å². The summed E-state index contributed by atoms with van der Waals surface area (Å²) in [6.45, 7) is 16.4. The first-order chi connectivity index (χ1) is 29.2. The standard InChI is InChI=1S/C53H103NO6/c1-8-12-26-34-48(35-27-13-9-2)44-51(55)57-42-32-24-20-16-18-22-30-39-53(59-46-50(60-53)38-41-54(7)47(5)6)40-31-23-19-17-21-25-33-43-58-52(56)45-49(36-28-14-10-3)37-29-15-11-4/h47-50H,8-46H2,1-7H3. The highest BCUT2D eigenvalue weighted by Crippen LogP contribution is 2.36. The lowest BCUT2D eigenvalue weighted by Crippen LogP contribution is -2.33. The molecule has 0 saturated carbocycles. The number of unbranched alkanes of at least 4 members (excludes halogenated alkanes) is 20. The smallest absolute Gasteiger partial charge is 0.306 e. The molecule has 7 heteroatoms. The van der Waals surface area contributed by atoms with E-state index in [-0.39, 0.29) is 18.0 Å². The molecule has 0 N–H and O–H groups in total. The third-order valence-corrected chi connectivity index (χ3v) is 13.3. The summed E-state index contributed by atoms with van der Waals surface area (Å²) >= 11 is 0. The molecule has 1 unspecified atom stereocenters. The summed E-state index contributed by atoms with van der Waals surface area (Å²) in [6.07, 6.45) is 40.4. The minimum atomic E-state index is -0.412. The van der Waals surface area contributed by atoms with E-state index in [1.54, 1.807) is 0 Å². The van der Waals surface area contributed by atoms with E-state index in [4.69, 9.17) is 18.9 Å². The summed E-state index contributed by atoms with van der Waals surface area (Å²) in [4.78, 5) is 27.5. The van der Waals surface area contributed by atoms with Gasteiger partial charge in [0.25, 0.3) is 0 Å². The van der Waals surface area contributed by atoms with Crippen LogP contribution in [0.15, 0.2) is 0 Å². The van der Waals surface area contributed by atoms with E-state index in [0.29, 0.717) is 43.9 Å². The topological polar surface area (TPSA) is 74.3 Å². The third-order valence-electron chi connectivity index (χ3n) is 13.3. The van der Waals surface area contributed by atoms with Crippen LogP contribution < -0.4 is 0 Å². The lowest BCUT2D eigenvalue weighted by molar-refractivity contribution is -0.180. The zero-order chi connectivity index (χ0) is 43.9. The summed E-state index contributed by atoms with van der Waals surface area (Å²) in [5.41, 5.74) is 0. The van der Waals surface area contributed by atoms with Crippen LogP contribution in [0.25, 0.3) is 0 Å². The number of carbonyl (C=O) groups excluding carboxylic acids is 2. The number of ether oxygens (including phenoxy) is 4. The molecule has 60 heavy (non-hydrogen) atoms. The van der Waals surface area contributed by atoms with Gasteiger partial charge in [0.05, 0.1) is 25.9 Å². The molecule has 0 bridgehead atoms. The molecule has 1 rings (SSSR count). The molecule has 1 saturated heterocycles. The highest BCUT2D eigenvalue weighted by Gasteiger charge is 2.40. The van der Waals surface area contributed by atoms with Crippen molar-refractivity contribution in [2.24, 2.45) is 11.8 Å². The summed E-state index contributed by atoms with van der Waals surface area (Å²) in [5, 5.41) is 0. The van der Waals surface area contributed by atoms with Gasteiger partial charge in [0.1, 0.15) is 0 Å². The van der Waals surface area contributed by atoms with Crippen molar-refractivity contribution >= 4 is 11.9 Å². The van der Waals surface area contributed by atoms with Crippen LogP contribution >= 0.6 is 0 Å². The van der Waals surface area contributed by atoms with E-state index < -0.39 is 5.79 Å². The van der Waals surface area contributed by atoms with Gasteiger partial charge in [-0.1, -0.05) is 169 Å². The summed E-state index contributed by atoms with van der Waals surface area (Å²) < 4.78 is 24.7. The van der Waals surface area contributed by atoms with Crippen molar-refractivity contribution in [1.29, 1.82) is 0 Å². The zero-order valence-electron chi connectivity index (χ0n) is 41.3. The Bertz CT molecular complexity index is 895. The van der Waals surface area contributed by atoms with Crippen molar-refractivity contribution in [3.8, 4) is 0 Å². The van der Waals surface area contributed by atoms with Gasteiger partial charge in [-0.2, -0.15) is 0 Å². The highest BCUT2D eigenvalue weighted by molar-refractivity contribution is 5.70. The van der Waals surface area contributed by atoms with Crippen LogP contribution in [0.4, 0.5) is 0 Å². The molecular weight excluding hydrogens is 747 g/mol. The fourth-order valence-corrected chi connectivity index (χ4v) is 8.90. The predicted molar refractivity (Wildman–Crippen MR) is 255 cm³/mol. The molecule has 1 aliphatic heterocycles. The van der Waals surface area contributed by atoms with E-state index in [1.807, 2.05) is 0 Å². The minimum Gasteiger partial charge on any atom is -0.466 e. The number of esters is 2. The lowest BCUT2D eigenvalue weighted by Gasteiger charge is -2.29. The Morgan fingerprint density at radius 1 is 0.550 bits per heavy atom. The molecule has 0 radical (unpaired) electrons.